The number of carbonyl (C=O) groups excluding carboxylic acids is 3. The third kappa shape index (κ3) is 6.65. The molecule has 0 N–H and O–H groups in total. The highest BCUT2D eigenvalue weighted by Gasteiger charge is 2.33. The van der Waals surface area contributed by atoms with E-state index < -0.39 is 0 Å². The van der Waals surface area contributed by atoms with Crippen LogP contribution in [0.1, 0.15) is 67.8 Å². The first kappa shape index (κ1) is 25.7. The summed E-state index contributed by atoms with van der Waals surface area (Å²) in [5, 5.41) is 0. The first-order valence-corrected chi connectivity index (χ1v) is 13.1. The van der Waals surface area contributed by atoms with Gasteiger partial charge in [0.05, 0.1) is 13.2 Å². The molecule has 2 aliphatic rings. The van der Waals surface area contributed by atoms with E-state index in [2.05, 4.69) is 6.07 Å². The molecule has 0 atom stereocenters. The molecular formula is C29H36N2O5. The molecule has 2 aromatic carbocycles. The van der Waals surface area contributed by atoms with Crippen LogP contribution in [0.15, 0.2) is 48.5 Å². The van der Waals surface area contributed by atoms with Crippen LogP contribution in [0.4, 0.5) is 5.69 Å². The number of aryl methyl sites for hydroxylation is 1. The Morgan fingerprint density at radius 2 is 1.58 bits per heavy atom. The van der Waals surface area contributed by atoms with Crippen molar-refractivity contribution in [3.05, 3.63) is 59.7 Å². The van der Waals surface area contributed by atoms with Crippen LogP contribution in [0, 0.1) is 0 Å². The molecule has 0 radical (unpaired) electrons. The molecular weight excluding hydrogens is 456 g/mol. The molecule has 2 amide bonds. The Balaban J connectivity index is 1.20. The zero-order valence-corrected chi connectivity index (χ0v) is 21.1. The quantitative estimate of drug-likeness (QED) is 0.353. The minimum Gasteiger partial charge on any atom is -0.494 e. The van der Waals surface area contributed by atoms with Gasteiger partial charge in [0.15, 0.2) is 0 Å². The van der Waals surface area contributed by atoms with Gasteiger partial charge in [0.1, 0.15) is 5.75 Å². The van der Waals surface area contributed by atoms with Crippen molar-refractivity contribution in [1.82, 2.24) is 4.90 Å². The predicted octanol–water partition coefficient (Wildman–Crippen LogP) is 4.77. The van der Waals surface area contributed by atoms with Gasteiger partial charge in [-0.15, -0.1) is 0 Å². The van der Waals surface area contributed by atoms with Gasteiger partial charge in [-0.1, -0.05) is 18.2 Å². The highest BCUT2D eigenvalue weighted by Crippen LogP contribution is 2.32. The van der Waals surface area contributed by atoms with Crippen molar-refractivity contribution >= 4 is 23.5 Å². The molecule has 2 heterocycles. The molecule has 1 saturated heterocycles. The maximum Gasteiger partial charge on any atom is 0.302 e. The van der Waals surface area contributed by atoms with E-state index in [9.17, 15) is 14.4 Å². The molecule has 4 rings (SSSR count). The van der Waals surface area contributed by atoms with Crippen LogP contribution in [0.25, 0.3) is 0 Å². The van der Waals surface area contributed by atoms with Crippen molar-refractivity contribution in [3.8, 4) is 5.75 Å². The number of hydrogen-bond donors (Lipinski definition) is 0. The van der Waals surface area contributed by atoms with Crippen LogP contribution in [0.3, 0.4) is 0 Å². The number of fused-ring (bicyclic) bond motifs is 1. The topological polar surface area (TPSA) is 76.2 Å². The monoisotopic (exact) mass is 492 g/mol. The van der Waals surface area contributed by atoms with Gasteiger partial charge in [0, 0.05) is 43.7 Å². The average Bonchev–Trinajstić information content (AvgIpc) is 2.90. The molecule has 0 aromatic heterocycles. The predicted molar refractivity (Wildman–Crippen MR) is 138 cm³/mol. The van der Waals surface area contributed by atoms with E-state index in [-0.39, 0.29) is 23.8 Å². The number of carbonyl (C=O) groups is 3. The normalized spacial score (nSPS) is 16.0. The van der Waals surface area contributed by atoms with E-state index in [1.54, 1.807) is 0 Å². The second-order valence-electron chi connectivity index (χ2n) is 9.54. The number of nitrogens with zero attached hydrogens (tertiary/aromatic N) is 2. The molecule has 2 aromatic rings. The van der Waals surface area contributed by atoms with E-state index in [1.165, 1.54) is 12.5 Å². The van der Waals surface area contributed by atoms with Crippen LogP contribution >= 0.6 is 0 Å². The van der Waals surface area contributed by atoms with Gasteiger partial charge >= 0.3 is 5.97 Å². The fourth-order valence-corrected chi connectivity index (χ4v) is 5.02. The number of benzene rings is 2. The molecule has 1 fully saturated rings. The summed E-state index contributed by atoms with van der Waals surface area (Å²) >= 11 is 0. The first-order chi connectivity index (χ1) is 17.5. The molecule has 192 valence electrons. The minimum absolute atomic E-state index is 0.0261. The Morgan fingerprint density at radius 1 is 0.889 bits per heavy atom. The Labute approximate surface area is 213 Å². The van der Waals surface area contributed by atoms with Crippen molar-refractivity contribution in [2.45, 2.75) is 64.3 Å². The summed E-state index contributed by atoms with van der Waals surface area (Å²) in [6.07, 6.45) is 6.75. The summed E-state index contributed by atoms with van der Waals surface area (Å²) in [6, 6.07) is 15.7. The molecule has 0 saturated carbocycles. The zero-order valence-electron chi connectivity index (χ0n) is 21.1. The van der Waals surface area contributed by atoms with Crippen molar-refractivity contribution in [1.29, 1.82) is 0 Å². The van der Waals surface area contributed by atoms with E-state index >= 15 is 0 Å². The third-order valence-electron chi connectivity index (χ3n) is 6.96. The third-order valence-corrected chi connectivity index (χ3v) is 6.96. The first-order valence-electron chi connectivity index (χ1n) is 13.1. The number of esters is 1. The summed E-state index contributed by atoms with van der Waals surface area (Å²) in [6.45, 7) is 3.81. The van der Waals surface area contributed by atoms with Gasteiger partial charge < -0.3 is 19.3 Å². The molecule has 2 aliphatic heterocycles. The van der Waals surface area contributed by atoms with Gasteiger partial charge in [0.2, 0.25) is 5.91 Å². The molecule has 0 aliphatic carbocycles. The SMILES string of the molecule is CC(=O)OCCCCCCOc1ccc(C(=O)N2CCC(N3C(=O)CCc4ccccc43)CC2)cc1. The fourth-order valence-electron chi connectivity index (χ4n) is 5.02. The summed E-state index contributed by atoms with van der Waals surface area (Å²) < 4.78 is 10.7. The Morgan fingerprint density at radius 3 is 2.31 bits per heavy atom. The van der Waals surface area contributed by atoms with E-state index in [4.69, 9.17) is 9.47 Å². The molecule has 0 unspecified atom stereocenters. The highest BCUT2D eigenvalue weighted by molar-refractivity contribution is 5.97. The molecule has 36 heavy (non-hydrogen) atoms. The van der Waals surface area contributed by atoms with Gasteiger partial charge in [-0.05, 0) is 80.8 Å². The number of unbranched alkanes of at least 4 members (excludes halogenated alkanes) is 3. The summed E-state index contributed by atoms with van der Waals surface area (Å²) in [5.74, 6) is 0.742. The lowest BCUT2D eigenvalue weighted by Crippen LogP contribution is -2.50. The number of hydrogen-bond acceptors (Lipinski definition) is 5. The maximum atomic E-state index is 13.1. The van der Waals surface area contributed by atoms with Gasteiger partial charge in [-0.2, -0.15) is 0 Å². The number of ether oxygens (including phenoxy) is 2. The lowest BCUT2D eigenvalue weighted by Gasteiger charge is -2.41. The second kappa shape index (κ2) is 12.6. The number of anilines is 1. The lowest BCUT2D eigenvalue weighted by atomic mass is 9.95. The number of rotatable bonds is 10. The van der Waals surface area contributed by atoms with E-state index in [1.807, 2.05) is 52.3 Å². The number of para-hydroxylation sites is 1. The Bertz CT molecular complexity index is 1040. The summed E-state index contributed by atoms with van der Waals surface area (Å²) in [5.41, 5.74) is 2.93. The largest absolute Gasteiger partial charge is 0.494 e. The second-order valence-corrected chi connectivity index (χ2v) is 9.54. The number of amides is 2. The van der Waals surface area contributed by atoms with Crippen molar-refractivity contribution in [2.24, 2.45) is 0 Å². The minimum atomic E-state index is -0.232. The smallest absolute Gasteiger partial charge is 0.302 e. The van der Waals surface area contributed by atoms with Crippen LogP contribution in [0.5, 0.6) is 5.75 Å². The van der Waals surface area contributed by atoms with Crippen LogP contribution < -0.4 is 9.64 Å². The highest BCUT2D eigenvalue weighted by atomic mass is 16.5. The summed E-state index contributed by atoms with van der Waals surface area (Å²) in [7, 11) is 0. The van der Waals surface area contributed by atoms with E-state index in [0.29, 0.717) is 38.3 Å². The Hall–Kier alpha value is -3.35. The number of likely N-dealkylation sites (tertiary alicyclic amines) is 1. The maximum absolute atomic E-state index is 13.1. The van der Waals surface area contributed by atoms with Gasteiger partial charge in [0.25, 0.3) is 5.91 Å². The van der Waals surface area contributed by atoms with Crippen LogP contribution in [-0.2, 0) is 20.7 Å². The fraction of sp³-hybridized carbons (Fsp3) is 0.483. The van der Waals surface area contributed by atoms with E-state index in [0.717, 1.165) is 56.4 Å². The molecule has 0 spiro atoms. The standard InChI is InChI=1S/C29H36N2O5/c1-22(32)35-20-6-2-3-7-21-36-26-13-10-24(11-14-26)29(34)30-18-16-25(17-19-30)31-27-9-5-4-8-23(27)12-15-28(31)33/h4-5,8-11,13-14,25H,2-3,6-7,12,15-21H2,1H3. The molecule has 7 heteroatoms. The van der Waals surface area contributed by atoms with Crippen LogP contribution in [0.2, 0.25) is 0 Å². The average molecular weight is 493 g/mol. The Kier molecular flexibility index (Phi) is 8.98. The summed E-state index contributed by atoms with van der Waals surface area (Å²) in [4.78, 5) is 40.4. The van der Waals surface area contributed by atoms with Gasteiger partial charge in [-0.3, -0.25) is 14.4 Å². The molecule has 7 nitrogen and oxygen atoms in total. The van der Waals surface area contributed by atoms with Crippen molar-refractivity contribution in [3.63, 3.8) is 0 Å². The zero-order chi connectivity index (χ0) is 25.3. The number of piperidine rings is 1. The van der Waals surface area contributed by atoms with Gasteiger partial charge in [-0.25, -0.2) is 0 Å². The lowest BCUT2D eigenvalue weighted by molar-refractivity contribution is -0.141. The molecule has 0 bridgehead atoms. The van der Waals surface area contributed by atoms with Crippen molar-refractivity contribution in [2.75, 3.05) is 31.2 Å². The van der Waals surface area contributed by atoms with Crippen molar-refractivity contribution < 1.29 is 23.9 Å². The van der Waals surface area contributed by atoms with Crippen LogP contribution in [-0.4, -0.2) is 55.0 Å².